The number of likely N-dealkylation sites (N-methyl/N-ethyl adjacent to an activating group) is 1. The molecule has 0 saturated carbocycles. The van der Waals surface area contributed by atoms with Crippen molar-refractivity contribution in [2.45, 2.75) is 6.92 Å². The summed E-state index contributed by atoms with van der Waals surface area (Å²) < 4.78 is 4.87. The third-order valence-corrected chi connectivity index (χ3v) is 2.64. The van der Waals surface area contributed by atoms with E-state index < -0.39 is 0 Å². The minimum Gasteiger partial charge on any atom is -0.399 e. The maximum Gasteiger partial charge on any atom is 0.239 e. The molecule has 0 aliphatic heterocycles. The Morgan fingerprint density at radius 2 is 2.22 bits per heavy atom. The lowest BCUT2D eigenvalue weighted by atomic mass is 10.1. The number of nitrogens with two attached hydrogens (primary N) is 1. The smallest absolute Gasteiger partial charge is 0.239 e. The molecule has 0 spiro atoms. The number of carbonyl (C=O) groups excluding carboxylic acids is 1. The van der Waals surface area contributed by atoms with Crippen molar-refractivity contribution in [2.24, 2.45) is 0 Å². The van der Waals surface area contributed by atoms with Crippen molar-refractivity contribution in [3.05, 3.63) is 23.8 Å². The summed E-state index contributed by atoms with van der Waals surface area (Å²) in [5.41, 5.74) is 8.49. The standard InChI is InChI=1S/C13H21N3O2/c1-10-8-11(14)4-5-12(10)16(2)9-13(17)15-6-7-18-3/h4-5,8H,6-7,9,14H2,1-3H3,(H,15,17). The van der Waals surface area contributed by atoms with Gasteiger partial charge in [-0.25, -0.2) is 0 Å². The number of nitrogens with zero attached hydrogens (tertiary/aromatic N) is 1. The molecular weight excluding hydrogens is 230 g/mol. The fourth-order valence-electron chi connectivity index (χ4n) is 1.76. The quantitative estimate of drug-likeness (QED) is 0.579. The van der Waals surface area contributed by atoms with E-state index in [-0.39, 0.29) is 5.91 Å². The van der Waals surface area contributed by atoms with Crippen LogP contribution in [0.3, 0.4) is 0 Å². The Balaban J connectivity index is 2.54. The van der Waals surface area contributed by atoms with Gasteiger partial charge in [-0.1, -0.05) is 0 Å². The van der Waals surface area contributed by atoms with Crippen LogP contribution in [0, 0.1) is 6.92 Å². The molecule has 0 heterocycles. The summed E-state index contributed by atoms with van der Waals surface area (Å²) in [6, 6.07) is 5.66. The van der Waals surface area contributed by atoms with E-state index in [9.17, 15) is 4.79 Å². The van der Waals surface area contributed by atoms with Crippen LogP contribution in [-0.2, 0) is 9.53 Å². The Kier molecular flexibility index (Phi) is 5.45. The summed E-state index contributed by atoms with van der Waals surface area (Å²) in [7, 11) is 3.49. The summed E-state index contributed by atoms with van der Waals surface area (Å²) >= 11 is 0. The monoisotopic (exact) mass is 251 g/mol. The molecular formula is C13H21N3O2. The molecule has 5 nitrogen and oxygen atoms in total. The molecule has 0 radical (unpaired) electrons. The van der Waals surface area contributed by atoms with E-state index in [0.717, 1.165) is 16.9 Å². The van der Waals surface area contributed by atoms with Gasteiger partial charge in [-0.3, -0.25) is 4.79 Å². The first-order chi connectivity index (χ1) is 8.54. The third-order valence-electron chi connectivity index (χ3n) is 2.64. The van der Waals surface area contributed by atoms with E-state index in [4.69, 9.17) is 10.5 Å². The van der Waals surface area contributed by atoms with Crippen LogP contribution in [0.5, 0.6) is 0 Å². The summed E-state index contributed by atoms with van der Waals surface area (Å²) in [6.07, 6.45) is 0. The van der Waals surface area contributed by atoms with Gasteiger partial charge in [0.15, 0.2) is 0 Å². The molecule has 0 saturated heterocycles. The molecule has 18 heavy (non-hydrogen) atoms. The maximum atomic E-state index is 11.6. The first-order valence-electron chi connectivity index (χ1n) is 5.87. The molecule has 0 atom stereocenters. The molecule has 1 aromatic rings. The Morgan fingerprint density at radius 1 is 1.50 bits per heavy atom. The average Bonchev–Trinajstić information content (AvgIpc) is 2.28. The predicted molar refractivity (Wildman–Crippen MR) is 73.7 cm³/mol. The van der Waals surface area contributed by atoms with E-state index in [1.807, 2.05) is 37.1 Å². The second kappa shape index (κ2) is 6.86. The van der Waals surface area contributed by atoms with Crippen LogP contribution in [0.4, 0.5) is 11.4 Å². The zero-order valence-corrected chi connectivity index (χ0v) is 11.2. The Morgan fingerprint density at radius 3 is 2.83 bits per heavy atom. The number of nitrogen functional groups attached to an aromatic ring is 1. The highest BCUT2D eigenvalue weighted by Gasteiger charge is 2.09. The van der Waals surface area contributed by atoms with Crippen LogP contribution in [0.1, 0.15) is 5.56 Å². The number of amides is 1. The molecule has 0 aliphatic carbocycles. The highest BCUT2D eigenvalue weighted by atomic mass is 16.5. The van der Waals surface area contributed by atoms with Crippen molar-refractivity contribution >= 4 is 17.3 Å². The number of hydrogen-bond donors (Lipinski definition) is 2. The normalized spacial score (nSPS) is 10.2. The molecule has 1 rings (SSSR count). The number of aryl methyl sites for hydroxylation is 1. The zero-order valence-electron chi connectivity index (χ0n) is 11.2. The van der Waals surface area contributed by atoms with Gasteiger partial charge in [0.2, 0.25) is 5.91 Å². The minimum atomic E-state index is -0.0224. The predicted octanol–water partition coefficient (Wildman–Crippen LogP) is 0.776. The van der Waals surface area contributed by atoms with Gasteiger partial charge in [-0.2, -0.15) is 0 Å². The van der Waals surface area contributed by atoms with E-state index in [1.54, 1.807) is 7.11 Å². The maximum absolute atomic E-state index is 11.6. The molecule has 1 aromatic carbocycles. The number of hydrogen-bond acceptors (Lipinski definition) is 4. The van der Waals surface area contributed by atoms with Crippen LogP contribution >= 0.6 is 0 Å². The van der Waals surface area contributed by atoms with Gasteiger partial charge in [0, 0.05) is 32.1 Å². The second-order valence-electron chi connectivity index (χ2n) is 4.24. The van der Waals surface area contributed by atoms with Crippen molar-refractivity contribution in [3.63, 3.8) is 0 Å². The van der Waals surface area contributed by atoms with Gasteiger partial charge in [0.05, 0.1) is 13.2 Å². The Bertz CT molecular complexity index is 407. The van der Waals surface area contributed by atoms with Crippen LogP contribution < -0.4 is 16.0 Å². The van der Waals surface area contributed by atoms with Gasteiger partial charge in [-0.05, 0) is 30.7 Å². The lowest BCUT2D eigenvalue weighted by Crippen LogP contribution is -2.36. The highest BCUT2D eigenvalue weighted by molar-refractivity contribution is 5.81. The van der Waals surface area contributed by atoms with Gasteiger partial charge >= 0.3 is 0 Å². The number of rotatable bonds is 6. The first-order valence-corrected chi connectivity index (χ1v) is 5.87. The van der Waals surface area contributed by atoms with Crippen LogP contribution in [-0.4, -0.2) is 39.8 Å². The molecule has 0 bridgehead atoms. The van der Waals surface area contributed by atoms with Gasteiger partial charge < -0.3 is 20.7 Å². The molecule has 5 heteroatoms. The molecule has 0 fully saturated rings. The number of ether oxygens (including phenoxy) is 1. The van der Waals surface area contributed by atoms with Gasteiger partial charge in [0.25, 0.3) is 0 Å². The van der Waals surface area contributed by atoms with Crippen molar-refractivity contribution < 1.29 is 9.53 Å². The number of benzene rings is 1. The fourth-order valence-corrected chi connectivity index (χ4v) is 1.76. The summed E-state index contributed by atoms with van der Waals surface area (Å²) in [4.78, 5) is 13.5. The fraction of sp³-hybridized carbons (Fsp3) is 0.462. The van der Waals surface area contributed by atoms with Crippen LogP contribution in [0.25, 0.3) is 0 Å². The van der Waals surface area contributed by atoms with E-state index in [2.05, 4.69) is 5.32 Å². The number of nitrogens with one attached hydrogen (secondary N) is 1. The summed E-state index contributed by atoms with van der Waals surface area (Å²) in [6.45, 7) is 3.35. The molecule has 3 N–H and O–H groups in total. The molecule has 0 aliphatic rings. The minimum absolute atomic E-state index is 0.0224. The van der Waals surface area contributed by atoms with Gasteiger partial charge in [-0.15, -0.1) is 0 Å². The van der Waals surface area contributed by atoms with E-state index in [1.165, 1.54) is 0 Å². The lowest BCUT2D eigenvalue weighted by molar-refractivity contribution is -0.119. The molecule has 100 valence electrons. The summed E-state index contributed by atoms with van der Waals surface area (Å²) in [5.74, 6) is -0.0224. The van der Waals surface area contributed by atoms with Gasteiger partial charge in [0.1, 0.15) is 0 Å². The zero-order chi connectivity index (χ0) is 13.5. The van der Waals surface area contributed by atoms with E-state index in [0.29, 0.717) is 19.7 Å². The molecule has 0 unspecified atom stereocenters. The first kappa shape index (κ1) is 14.3. The Hall–Kier alpha value is -1.75. The number of carbonyl (C=O) groups is 1. The van der Waals surface area contributed by atoms with Crippen molar-refractivity contribution in [2.75, 3.05) is 44.5 Å². The van der Waals surface area contributed by atoms with Crippen molar-refractivity contribution in [1.82, 2.24) is 5.32 Å². The van der Waals surface area contributed by atoms with E-state index >= 15 is 0 Å². The summed E-state index contributed by atoms with van der Waals surface area (Å²) in [5, 5.41) is 2.78. The van der Waals surface area contributed by atoms with Crippen LogP contribution in [0.15, 0.2) is 18.2 Å². The SMILES string of the molecule is COCCNC(=O)CN(C)c1ccc(N)cc1C. The highest BCUT2D eigenvalue weighted by Crippen LogP contribution is 2.20. The Labute approximate surface area is 108 Å². The van der Waals surface area contributed by atoms with Crippen molar-refractivity contribution in [1.29, 1.82) is 0 Å². The largest absolute Gasteiger partial charge is 0.399 e. The van der Waals surface area contributed by atoms with Crippen LogP contribution in [0.2, 0.25) is 0 Å². The van der Waals surface area contributed by atoms with Crippen molar-refractivity contribution in [3.8, 4) is 0 Å². The lowest BCUT2D eigenvalue weighted by Gasteiger charge is -2.21. The number of anilines is 2. The third kappa shape index (κ3) is 4.25. The molecule has 0 aromatic heterocycles. The average molecular weight is 251 g/mol. The molecule has 1 amide bonds. The topological polar surface area (TPSA) is 67.6 Å². The second-order valence-corrected chi connectivity index (χ2v) is 4.24. The number of methoxy groups -OCH3 is 1.